The molecule has 24 heavy (non-hydrogen) atoms. The fraction of sp³-hybridized carbons (Fsp3) is 0.105. The largest absolute Gasteiger partial charge is 0.480 e. The van der Waals surface area contributed by atoms with Crippen molar-refractivity contribution in [2.75, 3.05) is 13.2 Å². The second-order valence-corrected chi connectivity index (χ2v) is 6.62. The maximum absolute atomic E-state index is 11.8. The van der Waals surface area contributed by atoms with Gasteiger partial charge in [-0.3, -0.25) is 4.79 Å². The molecule has 0 saturated carbocycles. The van der Waals surface area contributed by atoms with E-state index in [0.29, 0.717) is 9.21 Å². The van der Waals surface area contributed by atoms with Gasteiger partial charge in [0.15, 0.2) is 0 Å². The molecular formula is C19H14ClNO2S. The number of rotatable bonds is 4. The molecule has 0 unspecified atom stereocenters. The van der Waals surface area contributed by atoms with Crippen LogP contribution in [0.1, 0.15) is 9.67 Å². The minimum atomic E-state index is -0.170. The summed E-state index contributed by atoms with van der Waals surface area (Å²) in [6.45, 7) is 0.544. The van der Waals surface area contributed by atoms with Crippen LogP contribution in [0.15, 0.2) is 54.6 Å². The summed E-state index contributed by atoms with van der Waals surface area (Å²) in [6, 6.07) is 17.3. The Hall–Kier alpha value is -2.48. The van der Waals surface area contributed by atoms with Gasteiger partial charge in [0.25, 0.3) is 5.91 Å². The number of fused-ring (bicyclic) bond motifs is 1. The molecule has 1 amide bonds. The smallest absolute Gasteiger partial charge is 0.262 e. The highest BCUT2D eigenvalue weighted by Crippen LogP contribution is 2.24. The van der Waals surface area contributed by atoms with Gasteiger partial charge in [-0.05, 0) is 23.6 Å². The first-order valence-corrected chi connectivity index (χ1v) is 8.53. The summed E-state index contributed by atoms with van der Waals surface area (Å²) in [7, 11) is 0. The van der Waals surface area contributed by atoms with Crippen molar-refractivity contribution >= 4 is 39.6 Å². The van der Waals surface area contributed by atoms with Crippen LogP contribution in [0.2, 0.25) is 4.34 Å². The van der Waals surface area contributed by atoms with Gasteiger partial charge in [0.05, 0.1) is 15.8 Å². The molecule has 0 bridgehead atoms. The summed E-state index contributed by atoms with van der Waals surface area (Å²) in [5, 5.41) is 4.91. The Kier molecular flexibility index (Phi) is 5.37. The predicted octanol–water partition coefficient (Wildman–Crippen LogP) is 4.37. The number of carbonyl (C=O) groups is 1. The molecule has 0 aliphatic rings. The molecule has 3 aromatic rings. The molecule has 0 aliphatic carbocycles. The SMILES string of the molecule is O=C(NCC#CCOc1cccc2ccccc12)c1ccc(Cl)s1. The van der Waals surface area contributed by atoms with E-state index >= 15 is 0 Å². The number of amides is 1. The van der Waals surface area contributed by atoms with E-state index in [9.17, 15) is 4.79 Å². The van der Waals surface area contributed by atoms with E-state index in [1.807, 2.05) is 42.5 Å². The minimum absolute atomic E-state index is 0.170. The fourth-order valence-corrected chi connectivity index (χ4v) is 3.16. The van der Waals surface area contributed by atoms with Gasteiger partial charge in [-0.15, -0.1) is 11.3 Å². The quantitative estimate of drug-likeness (QED) is 0.706. The fourth-order valence-electron chi connectivity index (χ4n) is 2.20. The second-order valence-electron chi connectivity index (χ2n) is 4.91. The van der Waals surface area contributed by atoms with E-state index < -0.39 is 0 Å². The Morgan fingerprint density at radius 3 is 2.75 bits per heavy atom. The van der Waals surface area contributed by atoms with Gasteiger partial charge in [0.1, 0.15) is 12.4 Å². The Labute approximate surface area is 149 Å². The first-order chi connectivity index (χ1) is 11.7. The molecule has 1 heterocycles. The van der Waals surface area contributed by atoms with E-state index in [-0.39, 0.29) is 19.1 Å². The van der Waals surface area contributed by atoms with Crippen LogP contribution in [-0.4, -0.2) is 19.1 Å². The molecule has 120 valence electrons. The highest BCUT2D eigenvalue weighted by Gasteiger charge is 2.06. The van der Waals surface area contributed by atoms with Gasteiger partial charge in [0, 0.05) is 5.39 Å². The number of halogens is 1. The van der Waals surface area contributed by atoms with Crippen molar-refractivity contribution in [3.63, 3.8) is 0 Å². The van der Waals surface area contributed by atoms with Crippen LogP contribution in [-0.2, 0) is 0 Å². The molecule has 3 rings (SSSR count). The molecule has 3 nitrogen and oxygen atoms in total. The van der Waals surface area contributed by atoms with E-state index in [4.69, 9.17) is 16.3 Å². The topological polar surface area (TPSA) is 38.3 Å². The summed E-state index contributed by atoms with van der Waals surface area (Å²) in [6.07, 6.45) is 0. The molecule has 0 spiro atoms. The van der Waals surface area contributed by atoms with Crippen molar-refractivity contribution < 1.29 is 9.53 Å². The van der Waals surface area contributed by atoms with Crippen molar-refractivity contribution in [2.45, 2.75) is 0 Å². The van der Waals surface area contributed by atoms with Gasteiger partial charge >= 0.3 is 0 Å². The monoisotopic (exact) mass is 355 g/mol. The number of hydrogen-bond acceptors (Lipinski definition) is 3. The Balaban J connectivity index is 1.50. The zero-order valence-electron chi connectivity index (χ0n) is 12.7. The molecule has 5 heteroatoms. The lowest BCUT2D eigenvalue weighted by Gasteiger charge is -2.06. The Bertz CT molecular complexity index is 918. The van der Waals surface area contributed by atoms with Gasteiger partial charge in [-0.1, -0.05) is 59.8 Å². The van der Waals surface area contributed by atoms with Gasteiger partial charge < -0.3 is 10.1 Å². The summed E-state index contributed by atoms with van der Waals surface area (Å²) in [5.41, 5.74) is 0. The van der Waals surface area contributed by atoms with E-state index in [1.54, 1.807) is 12.1 Å². The summed E-state index contributed by atoms with van der Waals surface area (Å²) >= 11 is 7.04. The highest BCUT2D eigenvalue weighted by molar-refractivity contribution is 7.17. The predicted molar refractivity (Wildman–Crippen MR) is 98.9 cm³/mol. The number of thiophene rings is 1. The standard InChI is InChI=1S/C19H14ClNO2S/c20-18-11-10-17(24-18)19(22)21-12-3-4-13-23-16-9-5-7-14-6-1-2-8-15(14)16/h1-2,5-11H,12-13H2,(H,21,22). The lowest BCUT2D eigenvalue weighted by molar-refractivity contribution is 0.0962. The second kappa shape index (κ2) is 7.87. The third-order valence-electron chi connectivity index (χ3n) is 3.31. The average Bonchev–Trinajstić information content (AvgIpc) is 3.04. The maximum atomic E-state index is 11.8. The van der Waals surface area contributed by atoms with Crippen LogP contribution >= 0.6 is 22.9 Å². The first kappa shape index (κ1) is 16.4. The Morgan fingerprint density at radius 2 is 1.92 bits per heavy atom. The Morgan fingerprint density at radius 1 is 1.08 bits per heavy atom. The zero-order chi connectivity index (χ0) is 16.8. The van der Waals surface area contributed by atoms with Crippen molar-refractivity contribution in [3.8, 4) is 17.6 Å². The van der Waals surface area contributed by atoms with Crippen LogP contribution in [0.5, 0.6) is 5.75 Å². The van der Waals surface area contributed by atoms with Crippen LogP contribution < -0.4 is 10.1 Å². The van der Waals surface area contributed by atoms with Crippen LogP contribution in [0.3, 0.4) is 0 Å². The van der Waals surface area contributed by atoms with Crippen LogP contribution in [0, 0.1) is 11.8 Å². The molecular weight excluding hydrogens is 342 g/mol. The minimum Gasteiger partial charge on any atom is -0.480 e. The third-order valence-corrected chi connectivity index (χ3v) is 4.54. The maximum Gasteiger partial charge on any atom is 0.262 e. The van der Waals surface area contributed by atoms with Crippen molar-refractivity contribution in [3.05, 3.63) is 63.8 Å². The number of nitrogens with one attached hydrogen (secondary N) is 1. The molecule has 0 aliphatic heterocycles. The normalized spacial score (nSPS) is 10.0. The summed E-state index contributed by atoms with van der Waals surface area (Å²) in [4.78, 5) is 12.4. The molecule has 0 radical (unpaired) electrons. The summed E-state index contributed by atoms with van der Waals surface area (Å²) < 4.78 is 6.30. The average molecular weight is 356 g/mol. The molecule has 1 aromatic heterocycles. The third kappa shape index (κ3) is 4.08. The van der Waals surface area contributed by atoms with Gasteiger partial charge in [-0.2, -0.15) is 0 Å². The molecule has 0 atom stereocenters. The van der Waals surface area contributed by atoms with Crippen molar-refractivity contribution in [1.82, 2.24) is 5.32 Å². The van der Waals surface area contributed by atoms with E-state index in [2.05, 4.69) is 17.2 Å². The van der Waals surface area contributed by atoms with Crippen LogP contribution in [0.4, 0.5) is 0 Å². The first-order valence-electron chi connectivity index (χ1n) is 7.34. The lowest BCUT2D eigenvalue weighted by atomic mass is 10.1. The van der Waals surface area contributed by atoms with Crippen molar-refractivity contribution in [1.29, 1.82) is 0 Å². The van der Waals surface area contributed by atoms with Gasteiger partial charge in [0.2, 0.25) is 0 Å². The van der Waals surface area contributed by atoms with Crippen LogP contribution in [0.25, 0.3) is 10.8 Å². The lowest BCUT2D eigenvalue weighted by Crippen LogP contribution is -2.22. The highest BCUT2D eigenvalue weighted by atomic mass is 35.5. The zero-order valence-corrected chi connectivity index (χ0v) is 14.3. The number of ether oxygens (including phenoxy) is 1. The number of carbonyl (C=O) groups excluding carboxylic acids is 1. The van der Waals surface area contributed by atoms with E-state index in [1.165, 1.54) is 11.3 Å². The van der Waals surface area contributed by atoms with Crippen molar-refractivity contribution in [2.24, 2.45) is 0 Å². The molecule has 0 saturated heterocycles. The van der Waals surface area contributed by atoms with Gasteiger partial charge in [-0.25, -0.2) is 0 Å². The number of hydrogen-bond donors (Lipinski definition) is 1. The molecule has 1 N–H and O–H groups in total. The van der Waals surface area contributed by atoms with E-state index in [0.717, 1.165) is 16.5 Å². The number of benzene rings is 2. The summed E-state index contributed by atoms with van der Waals surface area (Å²) in [5.74, 6) is 6.41. The molecule has 0 fully saturated rings. The molecule has 2 aromatic carbocycles.